The van der Waals surface area contributed by atoms with Crippen LogP contribution in [-0.4, -0.2) is 5.11 Å². The summed E-state index contributed by atoms with van der Waals surface area (Å²) in [6, 6.07) is 12.9. The summed E-state index contributed by atoms with van der Waals surface area (Å²) in [6.45, 7) is 1.56. The number of hydrogen-bond acceptors (Lipinski definition) is 2. The van der Waals surface area contributed by atoms with E-state index in [0.717, 1.165) is 5.39 Å². The molecule has 2 nitrogen and oxygen atoms in total. The zero-order chi connectivity index (χ0) is 14.3. The summed E-state index contributed by atoms with van der Waals surface area (Å²) in [7, 11) is 0. The first-order chi connectivity index (χ1) is 9.48. The molecule has 102 valence electrons. The first-order valence-electron chi connectivity index (χ1n) is 6.15. The van der Waals surface area contributed by atoms with Gasteiger partial charge in [-0.25, -0.2) is 4.39 Å². The van der Waals surface area contributed by atoms with Crippen LogP contribution in [0.25, 0.3) is 11.0 Å². The van der Waals surface area contributed by atoms with Gasteiger partial charge in [0.15, 0.2) is 5.58 Å². The second-order valence-electron chi connectivity index (χ2n) is 4.85. The van der Waals surface area contributed by atoms with Crippen LogP contribution >= 0.6 is 11.6 Å². The van der Waals surface area contributed by atoms with Crippen molar-refractivity contribution < 1.29 is 13.9 Å². The number of fused-ring (bicyclic) bond motifs is 1. The number of hydrogen-bond donors (Lipinski definition) is 1. The third-order valence-electron chi connectivity index (χ3n) is 3.36. The number of rotatable bonds is 2. The first kappa shape index (κ1) is 13.2. The third-order valence-corrected chi connectivity index (χ3v) is 3.66. The van der Waals surface area contributed by atoms with Crippen molar-refractivity contribution in [3.05, 3.63) is 70.7 Å². The van der Waals surface area contributed by atoms with Gasteiger partial charge in [-0.1, -0.05) is 35.9 Å². The van der Waals surface area contributed by atoms with Crippen LogP contribution in [0.4, 0.5) is 4.39 Å². The summed E-state index contributed by atoms with van der Waals surface area (Å²) in [4.78, 5) is 0. The van der Waals surface area contributed by atoms with Crippen molar-refractivity contribution in [2.75, 3.05) is 0 Å². The molecule has 1 atom stereocenters. The Hall–Kier alpha value is -1.84. The van der Waals surface area contributed by atoms with E-state index >= 15 is 0 Å². The van der Waals surface area contributed by atoms with Gasteiger partial charge in [-0.05, 0) is 36.8 Å². The lowest BCUT2D eigenvalue weighted by Crippen LogP contribution is -2.22. The molecule has 0 saturated heterocycles. The molecule has 0 spiro atoms. The minimum absolute atomic E-state index is 0.325. The molecule has 0 aliphatic carbocycles. The van der Waals surface area contributed by atoms with Gasteiger partial charge in [-0.15, -0.1) is 0 Å². The Kier molecular flexibility index (Phi) is 3.04. The number of para-hydroxylation sites is 1. The van der Waals surface area contributed by atoms with Gasteiger partial charge in [0, 0.05) is 5.39 Å². The van der Waals surface area contributed by atoms with E-state index in [9.17, 15) is 9.50 Å². The lowest BCUT2D eigenvalue weighted by Gasteiger charge is -2.21. The molecule has 0 bridgehead atoms. The van der Waals surface area contributed by atoms with E-state index in [1.54, 1.807) is 37.3 Å². The molecule has 1 N–H and O–H groups in total. The van der Waals surface area contributed by atoms with Crippen molar-refractivity contribution in [3.8, 4) is 0 Å². The molecule has 3 aromatic rings. The van der Waals surface area contributed by atoms with Gasteiger partial charge in [0.25, 0.3) is 0 Å². The second-order valence-corrected chi connectivity index (χ2v) is 5.26. The van der Waals surface area contributed by atoms with Crippen LogP contribution in [0.2, 0.25) is 5.02 Å². The summed E-state index contributed by atoms with van der Waals surface area (Å²) in [5.41, 5.74) is -0.488. The fraction of sp³-hybridized carbons (Fsp3) is 0.125. The molecule has 1 unspecified atom stereocenters. The van der Waals surface area contributed by atoms with Crippen molar-refractivity contribution in [2.24, 2.45) is 0 Å². The highest BCUT2D eigenvalue weighted by Gasteiger charge is 2.30. The Morgan fingerprint density at radius 1 is 1.15 bits per heavy atom. The number of furan rings is 1. The van der Waals surface area contributed by atoms with Crippen molar-refractivity contribution in [1.29, 1.82) is 0 Å². The lowest BCUT2D eigenvalue weighted by molar-refractivity contribution is 0.0783. The Morgan fingerprint density at radius 3 is 2.60 bits per heavy atom. The molecular weight excluding hydrogens is 279 g/mol. The van der Waals surface area contributed by atoms with Crippen LogP contribution in [0.1, 0.15) is 18.2 Å². The normalized spacial score (nSPS) is 14.4. The fourth-order valence-corrected chi connectivity index (χ4v) is 2.42. The average molecular weight is 291 g/mol. The largest absolute Gasteiger partial charge is 0.456 e. The Balaban J connectivity index is 2.16. The van der Waals surface area contributed by atoms with E-state index in [4.69, 9.17) is 16.0 Å². The summed E-state index contributed by atoms with van der Waals surface area (Å²) in [5.74, 6) is -0.0804. The summed E-state index contributed by atoms with van der Waals surface area (Å²) < 4.78 is 19.0. The van der Waals surface area contributed by atoms with Crippen LogP contribution in [0.5, 0.6) is 0 Å². The van der Waals surface area contributed by atoms with Crippen LogP contribution in [0.3, 0.4) is 0 Å². The van der Waals surface area contributed by atoms with Crippen molar-refractivity contribution in [2.45, 2.75) is 12.5 Å². The minimum Gasteiger partial charge on any atom is -0.456 e. The molecule has 0 saturated carbocycles. The summed E-state index contributed by atoms with van der Waals surface area (Å²) in [5, 5.41) is 11.9. The molecule has 0 aliphatic heterocycles. The second kappa shape index (κ2) is 4.62. The minimum atomic E-state index is -1.43. The van der Waals surface area contributed by atoms with E-state index in [0.29, 0.717) is 21.9 Å². The predicted molar refractivity (Wildman–Crippen MR) is 76.3 cm³/mol. The maximum atomic E-state index is 13.3. The molecule has 2 aromatic carbocycles. The Morgan fingerprint density at radius 2 is 1.90 bits per heavy atom. The highest BCUT2D eigenvalue weighted by Crippen LogP contribution is 2.35. The smallest absolute Gasteiger partial charge is 0.153 e. The lowest BCUT2D eigenvalue weighted by atomic mass is 9.93. The van der Waals surface area contributed by atoms with Crippen molar-refractivity contribution in [3.63, 3.8) is 0 Å². The molecule has 0 radical (unpaired) electrons. The molecule has 4 heteroatoms. The third kappa shape index (κ3) is 2.09. The zero-order valence-corrected chi connectivity index (χ0v) is 11.5. The number of halogens is 2. The molecule has 0 fully saturated rings. The fourth-order valence-electron chi connectivity index (χ4n) is 2.20. The molecule has 0 amide bonds. The molecule has 0 aliphatic rings. The molecule has 1 aromatic heterocycles. The zero-order valence-electron chi connectivity index (χ0n) is 10.7. The maximum Gasteiger partial charge on any atom is 0.153 e. The predicted octanol–water partition coefficient (Wildman–Crippen LogP) is 4.48. The highest BCUT2D eigenvalue weighted by molar-refractivity contribution is 6.34. The van der Waals surface area contributed by atoms with E-state index in [1.807, 2.05) is 6.07 Å². The SMILES string of the molecule is CC(O)(c1cccc(F)c1)c1cc2cccc(Cl)c2o1. The van der Waals surface area contributed by atoms with Gasteiger partial charge >= 0.3 is 0 Å². The van der Waals surface area contributed by atoms with Gasteiger partial charge in [-0.2, -0.15) is 0 Å². The average Bonchev–Trinajstić information content (AvgIpc) is 2.85. The number of benzene rings is 2. The van der Waals surface area contributed by atoms with Gasteiger partial charge in [0.2, 0.25) is 0 Å². The van der Waals surface area contributed by atoms with Crippen molar-refractivity contribution >= 4 is 22.6 Å². The van der Waals surface area contributed by atoms with E-state index in [-0.39, 0.29) is 0 Å². The first-order valence-corrected chi connectivity index (χ1v) is 6.53. The summed E-state index contributed by atoms with van der Waals surface area (Å²) >= 11 is 6.06. The van der Waals surface area contributed by atoms with E-state index in [1.165, 1.54) is 12.1 Å². The van der Waals surface area contributed by atoms with E-state index in [2.05, 4.69) is 0 Å². The summed E-state index contributed by atoms with van der Waals surface area (Å²) in [6.07, 6.45) is 0. The molecule has 3 rings (SSSR count). The molecule has 20 heavy (non-hydrogen) atoms. The van der Waals surface area contributed by atoms with Crippen LogP contribution in [0, 0.1) is 5.82 Å². The standard InChI is InChI=1S/C16H12ClFO2/c1-16(19,11-5-3-6-12(18)9-11)14-8-10-4-2-7-13(17)15(10)20-14/h2-9,19H,1H3. The number of aliphatic hydroxyl groups is 1. The maximum absolute atomic E-state index is 13.3. The van der Waals surface area contributed by atoms with Gasteiger partial charge in [0.05, 0.1) is 5.02 Å². The quantitative estimate of drug-likeness (QED) is 0.755. The van der Waals surface area contributed by atoms with Gasteiger partial charge in [-0.3, -0.25) is 0 Å². The van der Waals surface area contributed by atoms with Crippen LogP contribution < -0.4 is 0 Å². The van der Waals surface area contributed by atoms with Crippen molar-refractivity contribution in [1.82, 2.24) is 0 Å². The highest BCUT2D eigenvalue weighted by atomic mass is 35.5. The van der Waals surface area contributed by atoms with Gasteiger partial charge < -0.3 is 9.52 Å². The monoisotopic (exact) mass is 290 g/mol. The van der Waals surface area contributed by atoms with Crippen LogP contribution in [0.15, 0.2) is 52.9 Å². The van der Waals surface area contributed by atoms with E-state index < -0.39 is 11.4 Å². The topological polar surface area (TPSA) is 33.4 Å². The van der Waals surface area contributed by atoms with Crippen LogP contribution in [-0.2, 0) is 5.60 Å². The molecule has 1 heterocycles. The Bertz CT molecular complexity index is 777. The Labute approximate surface area is 120 Å². The van der Waals surface area contributed by atoms with Gasteiger partial charge in [0.1, 0.15) is 17.2 Å². The molecular formula is C16H12ClFO2.